The highest BCUT2D eigenvalue weighted by molar-refractivity contribution is 6.07. The van der Waals surface area contributed by atoms with Gasteiger partial charge in [0.15, 0.2) is 0 Å². The first-order valence-electron chi connectivity index (χ1n) is 13.5. The Morgan fingerprint density at radius 3 is 2.43 bits per heavy atom. The minimum Gasteiger partial charge on any atom is -0.330 e. The van der Waals surface area contributed by atoms with Gasteiger partial charge in [-0.1, -0.05) is 26.0 Å². The average Bonchev–Trinajstić information content (AvgIpc) is 3.31. The van der Waals surface area contributed by atoms with Crippen LogP contribution in [0.5, 0.6) is 0 Å². The molecule has 8 heteroatoms. The number of imidazole rings is 1. The smallest absolute Gasteiger partial charge is 0.327 e. The number of nitrogens with zero attached hydrogens (tertiary/aromatic N) is 6. The summed E-state index contributed by atoms with van der Waals surface area (Å²) < 4.78 is 2.16. The van der Waals surface area contributed by atoms with Gasteiger partial charge < -0.3 is 9.47 Å². The molecule has 0 N–H and O–H groups in total. The Labute approximate surface area is 219 Å². The Balaban J connectivity index is 1.28. The van der Waals surface area contributed by atoms with Gasteiger partial charge in [0.2, 0.25) is 0 Å². The summed E-state index contributed by atoms with van der Waals surface area (Å²) in [7, 11) is 2.06. The summed E-state index contributed by atoms with van der Waals surface area (Å²) >= 11 is 0. The molecule has 37 heavy (non-hydrogen) atoms. The van der Waals surface area contributed by atoms with Gasteiger partial charge in [0, 0.05) is 45.6 Å². The number of piperidine rings is 1. The van der Waals surface area contributed by atoms with Crippen molar-refractivity contribution < 1.29 is 9.59 Å². The van der Waals surface area contributed by atoms with Crippen molar-refractivity contribution in [1.82, 2.24) is 29.2 Å². The number of carbonyl (C=O) groups excluding carboxylic acids is 2. The maximum absolute atomic E-state index is 13.8. The number of amides is 3. The fourth-order valence-corrected chi connectivity index (χ4v) is 5.77. The van der Waals surface area contributed by atoms with Crippen molar-refractivity contribution in [3.05, 3.63) is 60.2 Å². The van der Waals surface area contributed by atoms with Gasteiger partial charge in [0.25, 0.3) is 5.91 Å². The standard InChI is InChI=1S/C29H38N6O2/c1-22(2)12-18-35-28(37)34(17-6-7-23-10-15-30-16-11-23)27(36)29(35)13-19-33(20-14-29)21-26-31-24-8-4-5-9-25(24)32(26)3/h4-5,8-11,15-16,22H,6-7,12-14,17-21H2,1-3H3. The molecule has 2 aromatic heterocycles. The number of imide groups is 1. The number of aromatic nitrogens is 3. The lowest BCUT2D eigenvalue weighted by molar-refractivity contribution is -0.135. The molecule has 0 bridgehead atoms. The van der Waals surface area contributed by atoms with Crippen LogP contribution in [0.3, 0.4) is 0 Å². The first-order chi connectivity index (χ1) is 17.9. The molecular weight excluding hydrogens is 464 g/mol. The molecule has 2 aliphatic rings. The largest absolute Gasteiger partial charge is 0.330 e. The third-order valence-corrected chi connectivity index (χ3v) is 8.08. The number of hydrogen-bond acceptors (Lipinski definition) is 5. The summed E-state index contributed by atoms with van der Waals surface area (Å²) in [5.41, 5.74) is 2.60. The van der Waals surface area contributed by atoms with Crippen LogP contribution in [0, 0.1) is 5.92 Å². The number of aryl methyl sites for hydroxylation is 2. The fourth-order valence-electron chi connectivity index (χ4n) is 5.77. The number of pyridine rings is 1. The Bertz CT molecular complexity index is 1250. The molecule has 0 unspecified atom stereocenters. The molecule has 4 heterocycles. The normalized spacial score (nSPS) is 18.2. The van der Waals surface area contributed by atoms with Crippen LogP contribution in [-0.2, 0) is 24.8 Å². The van der Waals surface area contributed by atoms with Gasteiger partial charge in [-0.25, -0.2) is 9.78 Å². The van der Waals surface area contributed by atoms with Crippen LogP contribution in [0.25, 0.3) is 11.0 Å². The van der Waals surface area contributed by atoms with Gasteiger partial charge in [0.1, 0.15) is 11.4 Å². The van der Waals surface area contributed by atoms with E-state index in [9.17, 15) is 9.59 Å². The first-order valence-corrected chi connectivity index (χ1v) is 13.5. The molecule has 8 nitrogen and oxygen atoms in total. The monoisotopic (exact) mass is 502 g/mol. The third-order valence-electron chi connectivity index (χ3n) is 8.08. The van der Waals surface area contributed by atoms with E-state index in [1.807, 2.05) is 35.2 Å². The van der Waals surface area contributed by atoms with Gasteiger partial charge in [-0.15, -0.1) is 0 Å². The molecule has 2 aliphatic heterocycles. The number of urea groups is 1. The second-order valence-corrected chi connectivity index (χ2v) is 10.9. The summed E-state index contributed by atoms with van der Waals surface area (Å²) in [4.78, 5) is 42.1. The molecule has 0 radical (unpaired) electrons. The lowest BCUT2D eigenvalue weighted by Crippen LogP contribution is -2.56. The molecular formula is C29H38N6O2. The number of likely N-dealkylation sites (tertiary alicyclic amines) is 1. The minimum atomic E-state index is -0.717. The molecule has 0 aliphatic carbocycles. The van der Waals surface area contributed by atoms with Crippen LogP contribution in [-0.4, -0.2) is 72.9 Å². The number of rotatable bonds is 9. The lowest BCUT2D eigenvalue weighted by Gasteiger charge is -2.42. The lowest BCUT2D eigenvalue weighted by atomic mass is 9.85. The van der Waals surface area contributed by atoms with Crippen LogP contribution >= 0.6 is 0 Å². The highest BCUT2D eigenvalue weighted by Gasteiger charge is 2.57. The summed E-state index contributed by atoms with van der Waals surface area (Å²) in [6.07, 6.45) is 7.38. The Hall–Kier alpha value is -3.26. The molecule has 196 valence electrons. The van der Waals surface area contributed by atoms with E-state index < -0.39 is 5.54 Å². The SMILES string of the molecule is CC(C)CCN1C(=O)N(CCCc2ccncc2)C(=O)C12CCN(Cc1nc3ccccc3n1C)CC2. The summed E-state index contributed by atoms with van der Waals surface area (Å²) in [6, 6.07) is 12.1. The molecule has 5 rings (SSSR count). The zero-order chi connectivity index (χ0) is 26.0. The van der Waals surface area contributed by atoms with E-state index in [1.54, 1.807) is 12.4 Å². The van der Waals surface area contributed by atoms with Gasteiger partial charge >= 0.3 is 6.03 Å². The minimum absolute atomic E-state index is 0.00151. The van der Waals surface area contributed by atoms with Gasteiger partial charge in [-0.2, -0.15) is 0 Å². The van der Waals surface area contributed by atoms with Gasteiger partial charge in [-0.05, 0) is 67.9 Å². The highest BCUT2D eigenvalue weighted by Crippen LogP contribution is 2.38. The third kappa shape index (κ3) is 4.99. The highest BCUT2D eigenvalue weighted by atomic mass is 16.2. The number of para-hydroxylation sites is 2. The van der Waals surface area contributed by atoms with Gasteiger partial charge in [0.05, 0.1) is 17.6 Å². The number of carbonyl (C=O) groups is 2. The molecule has 0 saturated carbocycles. The molecule has 3 aromatic rings. The first kappa shape index (κ1) is 25.4. The van der Waals surface area contributed by atoms with E-state index in [1.165, 1.54) is 10.5 Å². The van der Waals surface area contributed by atoms with Gasteiger partial charge in [-0.3, -0.25) is 19.6 Å². The van der Waals surface area contributed by atoms with Crippen molar-refractivity contribution in [1.29, 1.82) is 0 Å². The Morgan fingerprint density at radius 1 is 1.00 bits per heavy atom. The topological polar surface area (TPSA) is 74.6 Å². The molecule has 0 atom stereocenters. The van der Waals surface area contributed by atoms with Crippen LogP contribution in [0.1, 0.15) is 50.9 Å². The van der Waals surface area contributed by atoms with E-state index in [-0.39, 0.29) is 11.9 Å². The van der Waals surface area contributed by atoms with Crippen LogP contribution in [0.2, 0.25) is 0 Å². The predicted octanol–water partition coefficient (Wildman–Crippen LogP) is 4.25. The number of fused-ring (bicyclic) bond motifs is 1. The Kier molecular flexibility index (Phi) is 7.29. The second-order valence-electron chi connectivity index (χ2n) is 10.9. The van der Waals surface area contributed by atoms with E-state index in [0.29, 0.717) is 31.8 Å². The maximum atomic E-state index is 13.8. The second kappa shape index (κ2) is 10.6. The molecule has 1 aromatic carbocycles. The van der Waals surface area contributed by atoms with Crippen molar-refractivity contribution in [2.75, 3.05) is 26.2 Å². The fraction of sp³-hybridized carbons (Fsp3) is 0.517. The quantitative estimate of drug-likeness (QED) is 0.409. The summed E-state index contributed by atoms with van der Waals surface area (Å²) in [5.74, 6) is 1.50. The van der Waals surface area contributed by atoms with Crippen LogP contribution in [0.15, 0.2) is 48.8 Å². The van der Waals surface area contributed by atoms with E-state index in [0.717, 1.165) is 55.8 Å². The summed E-state index contributed by atoms with van der Waals surface area (Å²) in [5, 5.41) is 0. The zero-order valence-corrected chi connectivity index (χ0v) is 22.3. The average molecular weight is 503 g/mol. The van der Waals surface area contributed by atoms with Crippen molar-refractivity contribution in [2.24, 2.45) is 13.0 Å². The van der Waals surface area contributed by atoms with Crippen molar-refractivity contribution in [3.63, 3.8) is 0 Å². The molecule has 1 spiro atoms. The maximum Gasteiger partial charge on any atom is 0.327 e. The van der Waals surface area contributed by atoms with E-state index >= 15 is 0 Å². The van der Waals surface area contributed by atoms with Crippen LogP contribution < -0.4 is 0 Å². The zero-order valence-electron chi connectivity index (χ0n) is 22.3. The number of hydrogen-bond donors (Lipinski definition) is 0. The van der Waals surface area contributed by atoms with E-state index in [4.69, 9.17) is 4.98 Å². The molecule has 2 fully saturated rings. The van der Waals surface area contributed by atoms with Crippen LogP contribution in [0.4, 0.5) is 4.79 Å². The Morgan fingerprint density at radius 2 is 1.73 bits per heavy atom. The van der Waals surface area contributed by atoms with Crippen molar-refractivity contribution >= 4 is 23.0 Å². The molecule has 3 amide bonds. The number of benzene rings is 1. The molecule has 2 saturated heterocycles. The van der Waals surface area contributed by atoms with Crippen molar-refractivity contribution in [3.8, 4) is 0 Å². The van der Waals surface area contributed by atoms with E-state index in [2.05, 4.69) is 41.4 Å². The summed E-state index contributed by atoms with van der Waals surface area (Å²) in [6.45, 7) is 7.71. The predicted molar refractivity (Wildman–Crippen MR) is 144 cm³/mol. The van der Waals surface area contributed by atoms with Crippen molar-refractivity contribution in [2.45, 2.75) is 58.0 Å².